The van der Waals surface area contributed by atoms with Crippen LogP contribution < -0.4 is 21.3 Å². The highest BCUT2D eigenvalue weighted by molar-refractivity contribution is 5.99. The summed E-state index contributed by atoms with van der Waals surface area (Å²) in [6.45, 7) is 3.87. The lowest BCUT2D eigenvalue weighted by Gasteiger charge is -2.34. The topological polar surface area (TPSA) is 140 Å². The summed E-state index contributed by atoms with van der Waals surface area (Å²) in [4.78, 5) is 39.7. The monoisotopic (exact) mass is 508 g/mol. The van der Waals surface area contributed by atoms with Crippen molar-refractivity contribution in [1.82, 2.24) is 21.3 Å². The molecule has 0 aromatic heterocycles. The quantitative estimate of drug-likeness (QED) is 0.358. The Morgan fingerprint density at radius 1 is 0.973 bits per heavy atom. The van der Waals surface area contributed by atoms with Gasteiger partial charge in [0, 0.05) is 18.6 Å². The van der Waals surface area contributed by atoms with Crippen LogP contribution in [0.2, 0.25) is 0 Å². The molecule has 198 valence electrons. The van der Waals surface area contributed by atoms with E-state index in [0.29, 0.717) is 18.9 Å². The summed E-state index contributed by atoms with van der Waals surface area (Å²) in [5, 5.41) is 33.5. The van der Waals surface area contributed by atoms with Crippen molar-refractivity contribution in [2.75, 3.05) is 6.54 Å². The number of carbonyl (C=O) groups excluding carboxylic acids is 3. The Bertz CT molecular complexity index is 1110. The molecule has 0 spiro atoms. The normalized spacial score (nSPS) is 29.3. The van der Waals surface area contributed by atoms with Gasteiger partial charge in [0.25, 0.3) is 5.91 Å². The van der Waals surface area contributed by atoms with Crippen molar-refractivity contribution in [2.24, 2.45) is 11.8 Å². The van der Waals surface area contributed by atoms with Crippen molar-refractivity contribution in [2.45, 2.75) is 63.4 Å². The molecule has 4 rings (SSSR count). The zero-order valence-corrected chi connectivity index (χ0v) is 21.2. The molecule has 6 unspecified atom stereocenters. The number of phenols is 1. The van der Waals surface area contributed by atoms with Crippen LogP contribution in [0.5, 0.6) is 5.75 Å². The average molecular weight is 509 g/mol. The van der Waals surface area contributed by atoms with Crippen LogP contribution in [-0.4, -0.2) is 64.8 Å². The molecular weight excluding hydrogens is 472 g/mol. The van der Waals surface area contributed by atoms with E-state index in [0.717, 1.165) is 18.4 Å². The minimum atomic E-state index is -1.15. The molecule has 2 fully saturated rings. The second-order valence-electron chi connectivity index (χ2n) is 10.2. The first kappa shape index (κ1) is 26.6. The van der Waals surface area contributed by atoms with Crippen LogP contribution in [0.3, 0.4) is 0 Å². The van der Waals surface area contributed by atoms with Gasteiger partial charge in [-0.25, -0.2) is 0 Å². The summed E-state index contributed by atoms with van der Waals surface area (Å²) in [6, 6.07) is 13.1. The zero-order chi connectivity index (χ0) is 26.5. The van der Waals surface area contributed by atoms with E-state index in [1.807, 2.05) is 30.3 Å². The molecule has 9 heteroatoms. The Labute approximate surface area is 217 Å². The number of hydrogen-bond acceptors (Lipinski definition) is 6. The third-order valence-electron chi connectivity index (χ3n) is 7.36. The van der Waals surface area contributed by atoms with Crippen molar-refractivity contribution < 1.29 is 24.6 Å². The lowest BCUT2D eigenvalue weighted by atomic mass is 9.91. The molecule has 2 aromatic rings. The lowest BCUT2D eigenvalue weighted by molar-refractivity contribution is -0.132. The first-order chi connectivity index (χ1) is 17.7. The van der Waals surface area contributed by atoms with Gasteiger partial charge in [0.05, 0.1) is 23.6 Å². The number of carbonyl (C=O) groups is 3. The predicted octanol–water partition coefficient (Wildman–Crippen LogP) is 1.10. The minimum Gasteiger partial charge on any atom is -0.507 e. The first-order valence-electron chi connectivity index (χ1n) is 12.9. The van der Waals surface area contributed by atoms with Crippen molar-refractivity contribution in [3.63, 3.8) is 0 Å². The second-order valence-corrected chi connectivity index (χ2v) is 10.2. The summed E-state index contributed by atoms with van der Waals surface area (Å²) in [6.07, 6.45) is 1.16. The molecular formula is C28H36N4O5. The maximum Gasteiger partial charge on any atom is 0.255 e. The number of para-hydroxylation sites is 1. The average Bonchev–Trinajstić information content (AvgIpc) is 3.73. The van der Waals surface area contributed by atoms with Crippen LogP contribution in [0.25, 0.3) is 0 Å². The van der Waals surface area contributed by atoms with Crippen molar-refractivity contribution >= 4 is 17.7 Å². The third-order valence-corrected chi connectivity index (χ3v) is 7.36. The van der Waals surface area contributed by atoms with E-state index in [1.165, 1.54) is 12.1 Å². The minimum absolute atomic E-state index is 0.0613. The largest absolute Gasteiger partial charge is 0.507 e. The molecule has 1 saturated heterocycles. The smallest absolute Gasteiger partial charge is 0.255 e. The van der Waals surface area contributed by atoms with Crippen molar-refractivity contribution in [1.29, 1.82) is 0 Å². The highest BCUT2D eigenvalue weighted by Gasteiger charge is 2.39. The molecule has 1 heterocycles. The Morgan fingerprint density at radius 3 is 2.32 bits per heavy atom. The van der Waals surface area contributed by atoms with Gasteiger partial charge >= 0.3 is 0 Å². The highest BCUT2D eigenvalue weighted by Crippen LogP contribution is 2.33. The molecule has 3 amide bonds. The molecule has 37 heavy (non-hydrogen) atoms. The molecule has 6 atom stereocenters. The van der Waals surface area contributed by atoms with Gasteiger partial charge < -0.3 is 31.5 Å². The molecule has 9 nitrogen and oxygen atoms in total. The Morgan fingerprint density at radius 2 is 1.65 bits per heavy atom. The molecule has 1 saturated carbocycles. The predicted molar refractivity (Wildman–Crippen MR) is 139 cm³/mol. The van der Waals surface area contributed by atoms with Gasteiger partial charge in [-0.1, -0.05) is 49.4 Å². The summed E-state index contributed by atoms with van der Waals surface area (Å²) in [5.41, 5.74) is 0.953. The van der Waals surface area contributed by atoms with Gasteiger partial charge in [-0.05, 0) is 49.8 Å². The Hall–Kier alpha value is -3.43. The van der Waals surface area contributed by atoms with Crippen molar-refractivity contribution in [3.05, 3.63) is 65.7 Å². The molecule has 1 aliphatic carbocycles. The number of amides is 3. The standard InChI is InChI=1S/C28H36N4O5/c1-16-25(34)21(14-18-8-4-3-5-9-18)30-28(37)24(32-27(36)20-10-6-7-11-23(20)33)17(2)29-15-22(19-12-13-19)31-26(16)35/h3-11,16-17,19,21-22,24-25,29,33-34H,12-15H2,1-2H3,(H,30,37)(H,31,35)(H,32,36). The van der Waals surface area contributed by atoms with Gasteiger partial charge in [0.15, 0.2) is 0 Å². The Balaban J connectivity index is 1.63. The van der Waals surface area contributed by atoms with Crippen LogP contribution in [0.15, 0.2) is 54.6 Å². The summed E-state index contributed by atoms with van der Waals surface area (Å²) >= 11 is 0. The van der Waals surface area contributed by atoms with Gasteiger partial charge in [0.2, 0.25) is 11.8 Å². The van der Waals surface area contributed by atoms with E-state index >= 15 is 0 Å². The second kappa shape index (κ2) is 11.7. The number of hydrogen-bond donors (Lipinski definition) is 6. The van der Waals surface area contributed by atoms with Gasteiger partial charge in [-0.2, -0.15) is 0 Å². The molecule has 2 aromatic carbocycles. The lowest BCUT2D eigenvalue weighted by Crippen LogP contribution is -2.62. The summed E-state index contributed by atoms with van der Waals surface area (Å²) in [7, 11) is 0. The number of phenolic OH excluding ortho intramolecular Hbond substituents is 1. The van der Waals surface area contributed by atoms with E-state index in [4.69, 9.17) is 0 Å². The number of nitrogens with one attached hydrogen (secondary N) is 4. The van der Waals surface area contributed by atoms with Gasteiger partial charge in [-0.3, -0.25) is 14.4 Å². The number of aliphatic hydroxyl groups is 1. The van der Waals surface area contributed by atoms with Gasteiger partial charge in [-0.15, -0.1) is 0 Å². The fraction of sp³-hybridized carbons (Fsp3) is 0.464. The SMILES string of the molecule is CC1NCC(C2CC2)NC(=O)C(C)C(O)C(Cc2ccccc2)NC(=O)C1NC(=O)c1ccccc1O. The van der Waals surface area contributed by atoms with Crippen LogP contribution in [0.4, 0.5) is 0 Å². The Kier molecular flexibility index (Phi) is 8.45. The number of aliphatic hydroxyl groups excluding tert-OH is 1. The zero-order valence-electron chi connectivity index (χ0n) is 21.2. The van der Waals surface area contributed by atoms with Crippen LogP contribution >= 0.6 is 0 Å². The number of rotatable bonds is 5. The van der Waals surface area contributed by atoms with E-state index in [-0.39, 0.29) is 23.3 Å². The van der Waals surface area contributed by atoms with Crippen LogP contribution in [-0.2, 0) is 16.0 Å². The highest BCUT2D eigenvalue weighted by atomic mass is 16.3. The van der Waals surface area contributed by atoms with Gasteiger partial charge in [0.1, 0.15) is 11.8 Å². The first-order valence-corrected chi connectivity index (χ1v) is 12.9. The molecule has 1 aliphatic heterocycles. The fourth-order valence-corrected chi connectivity index (χ4v) is 4.78. The van der Waals surface area contributed by atoms with E-state index in [1.54, 1.807) is 26.0 Å². The number of aromatic hydroxyl groups is 1. The fourth-order valence-electron chi connectivity index (χ4n) is 4.78. The molecule has 0 radical (unpaired) electrons. The van der Waals surface area contributed by atoms with Crippen LogP contribution in [0, 0.1) is 11.8 Å². The number of benzene rings is 2. The van der Waals surface area contributed by atoms with E-state index in [9.17, 15) is 24.6 Å². The summed E-state index contributed by atoms with van der Waals surface area (Å²) in [5.74, 6) is -1.94. The maximum absolute atomic E-state index is 13.6. The molecule has 2 aliphatic rings. The molecule has 6 N–H and O–H groups in total. The third kappa shape index (κ3) is 6.67. The maximum atomic E-state index is 13.6. The molecule has 0 bridgehead atoms. The van der Waals surface area contributed by atoms with Crippen molar-refractivity contribution in [3.8, 4) is 5.75 Å². The van der Waals surface area contributed by atoms with Crippen LogP contribution in [0.1, 0.15) is 42.6 Å². The van der Waals surface area contributed by atoms with E-state index in [2.05, 4.69) is 21.3 Å². The van der Waals surface area contributed by atoms with E-state index < -0.39 is 42.0 Å². The summed E-state index contributed by atoms with van der Waals surface area (Å²) < 4.78 is 0.